The number of aliphatic hydroxyl groups is 1. The average molecular weight is 295 g/mol. The lowest BCUT2D eigenvalue weighted by atomic mass is 10.0. The van der Waals surface area contributed by atoms with Gasteiger partial charge in [0, 0.05) is 11.7 Å². The fourth-order valence-corrected chi connectivity index (χ4v) is 2.53. The minimum Gasteiger partial charge on any atom is -0.462 e. The summed E-state index contributed by atoms with van der Waals surface area (Å²) in [5, 5.41) is 10.7. The Hall–Kier alpha value is -2.59. The largest absolute Gasteiger partial charge is 0.462 e. The van der Waals surface area contributed by atoms with Gasteiger partial charge in [0.15, 0.2) is 0 Å². The monoisotopic (exact) mass is 295 g/mol. The molecule has 1 aromatic carbocycles. The molecule has 0 aliphatic carbocycles. The first-order chi connectivity index (χ1) is 10.7. The van der Waals surface area contributed by atoms with Crippen LogP contribution < -0.4 is 0 Å². The second-order valence-electron chi connectivity index (χ2n) is 5.01. The van der Waals surface area contributed by atoms with E-state index in [1.165, 1.54) is 0 Å². The molecule has 0 saturated carbocycles. The van der Waals surface area contributed by atoms with E-state index in [2.05, 4.69) is 0 Å². The quantitative estimate of drug-likeness (QED) is 0.752. The van der Waals surface area contributed by atoms with Crippen molar-refractivity contribution in [2.75, 3.05) is 6.61 Å². The first-order valence-electron chi connectivity index (χ1n) is 7.22. The summed E-state index contributed by atoms with van der Waals surface area (Å²) in [5.74, 6) is -0.382. The fraction of sp³-hybridized carbons (Fsp3) is 0.167. The van der Waals surface area contributed by atoms with Crippen LogP contribution in [0.25, 0.3) is 5.52 Å². The maximum atomic E-state index is 12.0. The number of aromatic nitrogens is 1. The molecule has 0 amide bonds. The highest BCUT2D eigenvalue weighted by Crippen LogP contribution is 2.25. The van der Waals surface area contributed by atoms with Gasteiger partial charge >= 0.3 is 5.97 Å². The van der Waals surface area contributed by atoms with Gasteiger partial charge < -0.3 is 14.2 Å². The number of benzene rings is 1. The molecular formula is C18H17NO3. The van der Waals surface area contributed by atoms with Crippen molar-refractivity contribution in [3.8, 4) is 0 Å². The van der Waals surface area contributed by atoms with Crippen molar-refractivity contribution in [2.45, 2.75) is 13.0 Å². The number of nitrogens with zero attached hydrogens (tertiary/aromatic N) is 1. The summed E-state index contributed by atoms with van der Waals surface area (Å²) in [7, 11) is 0. The molecule has 3 rings (SSSR count). The minimum atomic E-state index is -0.814. The van der Waals surface area contributed by atoms with Crippen LogP contribution in [-0.2, 0) is 4.74 Å². The van der Waals surface area contributed by atoms with Crippen LogP contribution in [0.1, 0.15) is 34.6 Å². The van der Waals surface area contributed by atoms with Gasteiger partial charge in [0.05, 0.1) is 17.9 Å². The summed E-state index contributed by atoms with van der Waals surface area (Å²) < 4.78 is 6.94. The molecule has 0 bridgehead atoms. The van der Waals surface area contributed by atoms with E-state index < -0.39 is 6.10 Å². The van der Waals surface area contributed by atoms with Crippen LogP contribution in [0, 0.1) is 0 Å². The van der Waals surface area contributed by atoms with Gasteiger partial charge in [0.25, 0.3) is 0 Å². The molecule has 3 aromatic rings. The van der Waals surface area contributed by atoms with Gasteiger partial charge in [-0.1, -0.05) is 30.3 Å². The fourth-order valence-electron chi connectivity index (χ4n) is 2.53. The Kier molecular flexibility index (Phi) is 3.94. The molecule has 1 unspecified atom stereocenters. The second kappa shape index (κ2) is 6.03. The maximum absolute atomic E-state index is 12.0. The lowest BCUT2D eigenvalue weighted by molar-refractivity contribution is 0.0526. The highest BCUT2D eigenvalue weighted by Gasteiger charge is 2.17. The van der Waals surface area contributed by atoms with Gasteiger partial charge in [-0.25, -0.2) is 4.79 Å². The van der Waals surface area contributed by atoms with E-state index in [0.29, 0.717) is 17.9 Å². The SMILES string of the molecule is CCOC(=O)c1cc(C(O)c2ccccc2)n2cccc2c1. The average Bonchev–Trinajstić information content (AvgIpc) is 3.02. The third kappa shape index (κ3) is 2.61. The number of rotatable bonds is 4. The van der Waals surface area contributed by atoms with Crippen LogP contribution in [0.5, 0.6) is 0 Å². The number of aliphatic hydroxyl groups excluding tert-OH is 1. The van der Waals surface area contributed by atoms with Crippen LogP contribution in [0.2, 0.25) is 0 Å². The first-order valence-corrected chi connectivity index (χ1v) is 7.22. The summed E-state index contributed by atoms with van der Waals surface area (Å²) in [4.78, 5) is 12.0. The van der Waals surface area contributed by atoms with Crippen LogP contribution >= 0.6 is 0 Å². The Morgan fingerprint density at radius 3 is 2.68 bits per heavy atom. The van der Waals surface area contributed by atoms with Gasteiger partial charge in [0.2, 0.25) is 0 Å². The van der Waals surface area contributed by atoms with E-state index in [1.807, 2.05) is 53.1 Å². The zero-order chi connectivity index (χ0) is 15.5. The van der Waals surface area contributed by atoms with Gasteiger partial charge in [-0.3, -0.25) is 0 Å². The molecule has 0 radical (unpaired) electrons. The predicted octanol–water partition coefficient (Wildman–Crippen LogP) is 3.20. The van der Waals surface area contributed by atoms with Crippen LogP contribution in [0.4, 0.5) is 0 Å². The van der Waals surface area contributed by atoms with Crippen LogP contribution in [-0.4, -0.2) is 22.1 Å². The Bertz CT molecular complexity index is 792. The second-order valence-corrected chi connectivity index (χ2v) is 5.01. The number of carbonyl (C=O) groups is 1. The maximum Gasteiger partial charge on any atom is 0.338 e. The normalized spacial score (nSPS) is 12.3. The number of hydrogen-bond donors (Lipinski definition) is 1. The zero-order valence-corrected chi connectivity index (χ0v) is 12.3. The first kappa shape index (κ1) is 14.4. The summed E-state index contributed by atoms with van der Waals surface area (Å²) in [6, 6.07) is 16.6. The molecule has 1 atom stereocenters. The van der Waals surface area contributed by atoms with Gasteiger partial charge in [-0.05, 0) is 36.8 Å². The Morgan fingerprint density at radius 2 is 1.95 bits per heavy atom. The number of hydrogen-bond acceptors (Lipinski definition) is 3. The summed E-state index contributed by atoms with van der Waals surface area (Å²) in [5.41, 5.74) is 2.70. The standard InChI is InChI=1S/C18H17NO3/c1-2-22-18(21)14-11-15-9-6-10-19(15)16(12-14)17(20)13-7-4-3-5-8-13/h3-12,17,20H,2H2,1H3. The summed E-state index contributed by atoms with van der Waals surface area (Å²) in [6.45, 7) is 2.09. The molecule has 4 heteroatoms. The summed E-state index contributed by atoms with van der Waals surface area (Å²) >= 11 is 0. The Balaban J connectivity index is 2.11. The Morgan fingerprint density at radius 1 is 1.18 bits per heavy atom. The smallest absolute Gasteiger partial charge is 0.338 e. The predicted molar refractivity (Wildman–Crippen MR) is 83.9 cm³/mol. The molecule has 22 heavy (non-hydrogen) atoms. The Labute approximate surface area is 128 Å². The highest BCUT2D eigenvalue weighted by atomic mass is 16.5. The number of fused-ring (bicyclic) bond motifs is 1. The summed E-state index contributed by atoms with van der Waals surface area (Å²) in [6.07, 6.45) is 1.05. The molecule has 2 aromatic heterocycles. The molecule has 0 aliphatic rings. The molecule has 112 valence electrons. The molecule has 0 fully saturated rings. The zero-order valence-electron chi connectivity index (χ0n) is 12.3. The molecule has 0 saturated heterocycles. The number of pyridine rings is 1. The minimum absolute atomic E-state index is 0.321. The van der Waals surface area contributed by atoms with Crippen molar-refractivity contribution in [1.29, 1.82) is 0 Å². The number of esters is 1. The molecule has 4 nitrogen and oxygen atoms in total. The van der Waals surface area contributed by atoms with E-state index in [1.54, 1.807) is 19.1 Å². The van der Waals surface area contributed by atoms with E-state index in [-0.39, 0.29) is 5.97 Å². The van der Waals surface area contributed by atoms with Crippen molar-refractivity contribution in [2.24, 2.45) is 0 Å². The van der Waals surface area contributed by atoms with Crippen molar-refractivity contribution in [1.82, 2.24) is 4.40 Å². The van der Waals surface area contributed by atoms with Crippen LogP contribution in [0.3, 0.4) is 0 Å². The van der Waals surface area contributed by atoms with Crippen molar-refractivity contribution >= 4 is 11.5 Å². The van der Waals surface area contributed by atoms with E-state index in [0.717, 1.165) is 11.1 Å². The molecule has 2 heterocycles. The highest BCUT2D eigenvalue weighted by molar-refractivity contribution is 5.91. The molecule has 0 aliphatic heterocycles. The van der Waals surface area contributed by atoms with E-state index >= 15 is 0 Å². The van der Waals surface area contributed by atoms with E-state index in [9.17, 15) is 9.90 Å². The lowest BCUT2D eigenvalue weighted by Gasteiger charge is -2.15. The number of carbonyl (C=O) groups excluding carboxylic acids is 1. The molecular weight excluding hydrogens is 278 g/mol. The van der Waals surface area contributed by atoms with Crippen molar-refractivity contribution in [3.63, 3.8) is 0 Å². The lowest BCUT2D eigenvalue weighted by Crippen LogP contribution is -2.10. The van der Waals surface area contributed by atoms with Crippen molar-refractivity contribution < 1.29 is 14.6 Å². The van der Waals surface area contributed by atoms with Crippen LogP contribution in [0.15, 0.2) is 60.8 Å². The van der Waals surface area contributed by atoms with Gasteiger partial charge in [-0.15, -0.1) is 0 Å². The molecule has 0 spiro atoms. The van der Waals surface area contributed by atoms with Crippen molar-refractivity contribution in [3.05, 3.63) is 77.6 Å². The topological polar surface area (TPSA) is 50.9 Å². The third-order valence-corrected chi connectivity index (χ3v) is 3.57. The molecule has 1 N–H and O–H groups in total. The van der Waals surface area contributed by atoms with Gasteiger partial charge in [0.1, 0.15) is 6.10 Å². The number of ether oxygens (including phenoxy) is 1. The third-order valence-electron chi connectivity index (χ3n) is 3.57. The van der Waals surface area contributed by atoms with Gasteiger partial charge in [-0.2, -0.15) is 0 Å². The van der Waals surface area contributed by atoms with E-state index in [4.69, 9.17) is 4.74 Å².